The lowest BCUT2D eigenvalue weighted by Gasteiger charge is -2.08. The zero-order valence-corrected chi connectivity index (χ0v) is 11.8. The number of fused-ring (bicyclic) bond motifs is 1. The molecule has 2 N–H and O–H groups in total. The van der Waals surface area contributed by atoms with E-state index in [1.54, 1.807) is 18.2 Å². The van der Waals surface area contributed by atoms with Crippen molar-refractivity contribution in [2.45, 2.75) is 13.2 Å². The zero-order valence-electron chi connectivity index (χ0n) is 11.8. The van der Waals surface area contributed by atoms with Crippen LogP contribution in [0.2, 0.25) is 0 Å². The van der Waals surface area contributed by atoms with Crippen LogP contribution >= 0.6 is 0 Å². The summed E-state index contributed by atoms with van der Waals surface area (Å²) in [6, 6.07) is 14.6. The summed E-state index contributed by atoms with van der Waals surface area (Å²) in [4.78, 5) is 0. The molecule has 0 atom stereocenters. The standard InChI is InChI=1S/C17H17FN2O/c1-20-14(11-21-17-5-3-2-4-15(17)18)9-13-8-12(10-19)6-7-16(13)20/h2-9H,10-11,19H2,1H3. The number of aromatic nitrogens is 1. The molecule has 21 heavy (non-hydrogen) atoms. The first-order valence-corrected chi connectivity index (χ1v) is 6.83. The third-order valence-corrected chi connectivity index (χ3v) is 3.65. The molecule has 4 heteroatoms. The molecule has 0 spiro atoms. The van der Waals surface area contributed by atoms with Gasteiger partial charge < -0.3 is 15.0 Å². The van der Waals surface area contributed by atoms with E-state index in [1.807, 2.05) is 19.2 Å². The number of para-hydroxylation sites is 1. The van der Waals surface area contributed by atoms with Gasteiger partial charge in [-0.2, -0.15) is 0 Å². The van der Waals surface area contributed by atoms with Gasteiger partial charge in [-0.15, -0.1) is 0 Å². The summed E-state index contributed by atoms with van der Waals surface area (Å²) in [7, 11) is 1.98. The summed E-state index contributed by atoms with van der Waals surface area (Å²) in [6.45, 7) is 0.843. The van der Waals surface area contributed by atoms with Crippen LogP contribution in [-0.2, 0) is 20.2 Å². The van der Waals surface area contributed by atoms with Crippen molar-refractivity contribution in [1.29, 1.82) is 0 Å². The molecule has 0 unspecified atom stereocenters. The molecule has 3 rings (SSSR count). The van der Waals surface area contributed by atoms with E-state index in [1.165, 1.54) is 6.07 Å². The number of benzene rings is 2. The van der Waals surface area contributed by atoms with Gasteiger partial charge in [0.1, 0.15) is 6.61 Å². The van der Waals surface area contributed by atoms with Crippen LogP contribution in [0.3, 0.4) is 0 Å². The van der Waals surface area contributed by atoms with E-state index in [-0.39, 0.29) is 11.6 Å². The Bertz CT molecular complexity index is 780. The average molecular weight is 284 g/mol. The molecule has 3 nitrogen and oxygen atoms in total. The summed E-state index contributed by atoms with van der Waals surface area (Å²) in [6.07, 6.45) is 0. The van der Waals surface area contributed by atoms with Crippen molar-refractivity contribution in [2.75, 3.05) is 0 Å². The second-order valence-corrected chi connectivity index (χ2v) is 5.01. The molecular weight excluding hydrogens is 267 g/mol. The summed E-state index contributed by atoms with van der Waals surface area (Å²) in [5.74, 6) is -0.0768. The largest absolute Gasteiger partial charge is 0.484 e. The Morgan fingerprint density at radius 1 is 1.14 bits per heavy atom. The maximum Gasteiger partial charge on any atom is 0.165 e. The summed E-state index contributed by atoms with van der Waals surface area (Å²) >= 11 is 0. The van der Waals surface area contributed by atoms with Crippen LogP contribution < -0.4 is 10.5 Å². The second kappa shape index (κ2) is 5.58. The van der Waals surface area contributed by atoms with Gasteiger partial charge in [0.05, 0.1) is 5.69 Å². The first-order valence-electron chi connectivity index (χ1n) is 6.83. The topological polar surface area (TPSA) is 40.2 Å². The van der Waals surface area contributed by atoms with Gasteiger partial charge in [0.25, 0.3) is 0 Å². The molecule has 1 heterocycles. The van der Waals surface area contributed by atoms with Gasteiger partial charge in [0.15, 0.2) is 11.6 Å². The van der Waals surface area contributed by atoms with Crippen molar-refractivity contribution in [3.63, 3.8) is 0 Å². The van der Waals surface area contributed by atoms with Crippen molar-refractivity contribution < 1.29 is 9.13 Å². The normalized spacial score (nSPS) is 11.0. The molecule has 3 aromatic rings. The highest BCUT2D eigenvalue weighted by molar-refractivity contribution is 5.82. The van der Waals surface area contributed by atoms with Crippen LogP contribution in [-0.4, -0.2) is 4.57 Å². The number of halogens is 1. The fraction of sp³-hybridized carbons (Fsp3) is 0.176. The summed E-state index contributed by atoms with van der Waals surface area (Å²) in [5, 5.41) is 1.12. The molecule has 0 saturated carbocycles. The highest BCUT2D eigenvalue weighted by atomic mass is 19.1. The van der Waals surface area contributed by atoms with Crippen molar-refractivity contribution in [3.05, 3.63) is 65.6 Å². The molecule has 2 aromatic carbocycles. The minimum atomic E-state index is -0.346. The number of rotatable bonds is 4. The van der Waals surface area contributed by atoms with Gasteiger partial charge in [-0.3, -0.25) is 0 Å². The lowest BCUT2D eigenvalue weighted by molar-refractivity contribution is 0.283. The van der Waals surface area contributed by atoms with E-state index in [9.17, 15) is 4.39 Å². The fourth-order valence-electron chi connectivity index (χ4n) is 2.44. The van der Waals surface area contributed by atoms with Crippen molar-refractivity contribution in [2.24, 2.45) is 12.8 Å². The Kier molecular flexibility index (Phi) is 3.62. The van der Waals surface area contributed by atoms with Crippen LogP contribution in [0.4, 0.5) is 4.39 Å². The Morgan fingerprint density at radius 3 is 2.71 bits per heavy atom. The predicted octanol–water partition coefficient (Wildman–Crippen LogP) is 3.36. The van der Waals surface area contributed by atoms with Crippen molar-refractivity contribution in [3.8, 4) is 5.75 Å². The van der Waals surface area contributed by atoms with E-state index in [0.29, 0.717) is 13.2 Å². The number of hydrogen-bond donors (Lipinski definition) is 1. The van der Waals surface area contributed by atoms with Gasteiger partial charge >= 0.3 is 0 Å². The molecule has 0 fully saturated rings. The second-order valence-electron chi connectivity index (χ2n) is 5.01. The van der Waals surface area contributed by atoms with Gasteiger partial charge in [0.2, 0.25) is 0 Å². The first kappa shape index (κ1) is 13.6. The molecule has 0 bridgehead atoms. The van der Waals surface area contributed by atoms with Crippen molar-refractivity contribution in [1.82, 2.24) is 4.57 Å². The maximum atomic E-state index is 13.6. The molecule has 0 aliphatic carbocycles. The minimum Gasteiger partial charge on any atom is -0.484 e. The van der Waals surface area contributed by atoms with Crippen LogP contribution in [0, 0.1) is 5.82 Å². The molecule has 0 amide bonds. The quantitative estimate of drug-likeness (QED) is 0.798. The van der Waals surface area contributed by atoms with E-state index < -0.39 is 0 Å². The molecule has 0 saturated heterocycles. The minimum absolute atomic E-state index is 0.269. The third-order valence-electron chi connectivity index (χ3n) is 3.65. The number of aryl methyl sites for hydroxylation is 1. The molecule has 0 aliphatic heterocycles. The van der Waals surface area contributed by atoms with Gasteiger partial charge in [-0.05, 0) is 35.9 Å². The third kappa shape index (κ3) is 2.62. The predicted molar refractivity (Wildman–Crippen MR) is 81.5 cm³/mol. The van der Waals surface area contributed by atoms with Crippen LogP contribution in [0.5, 0.6) is 5.75 Å². The molecule has 0 radical (unpaired) electrons. The molecule has 1 aromatic heterocycles. The van der Waals surface area contributed by atoms with Crippen LogP contribution in [0.25, 0.3) is 10.9 Å². The van der Waals surface area contributed by atoms with E-state index in [0.717, 1.165) is 22.2 Å². The zero-order chi connectivity index (χ0) is 14.8. The number of nitrogens with two attached hydrogens (primary N) is 1. The Balaban J connectivity index is 1.87. The number of ether oxygens (including phenoxy) is 1. The van der Waals surface area contributed by atoms with Crippen LogP contribution in [0.15, 0.2) is 48.5 Å². The highest BCUT2D eigenvalue weighted by Gasteiger charge is 2.08. The van der Waals surface area contributed by atoms with Gasteiger partial charge in [0, 0.05) is 24.5 Å². The Morgan fingerprint density at radius 2 is 1.95 bits per heavy atom. The van der Waals surface area contributed by atoms with Gasteiger partial charge in [-0.1, -0.05) is 18.2 Å². The lowest BCUT2D eigenvalue weighted by Crippen LogP contribution is -2.02. The fourth-order valence-corrected chi connectivity index (χ4v) is 2.44. The summed E-state index contributed by atoms with van der Waals surface area (Å²) < 4.78 is 21.2. The van der Waals surface area contributed by atoms with Crippen LogP contribution in [0.1, 0.15) is 11.3 Å². The lowest BCUT2D eigenvalue weighted by atomic mass is 10.1. The molecule has 0 aliphatic rings. The SMILES string of the molecule is Cn1c(COc2ccccc2F)cc2cc(CN)ccc21. The van der Waals surface area contributed by atoms with E-state index in [2.05, 4.69) is 16.7 Å². The van der Waals surface area contributed by atoms with E-state index >= 15 is 0 Å². The Labute approximate surface area is 122 Å². The van der Waals surface area contributed by atoms with Crippen molar-refractivity contribution >= 4 is 10.9 Å². The van der Waals surface area contributed by atoms with E-state index in [4.69, 9.17) is 10.5 Å². The Hall–Kier alpha value is -2.33. The molecular formula is C17H17FN2O. The average Bonchev–Trinajstić information content (AvgIpc) is 2.82. The highest BCUT2D eigenvalue weighted by Crippen LogP contribution is 2.22. The monoisotopic (exact) mass is 284 g/mol. The first-order chi connectivity index (χ1) is 10.2. The van der Waals surface area contributed by atoms with Gasteiger partial charge in [-0.25, -0.2) is 4.39 Å². The smallest absolute Gasteiger partial charge is 0.165 e. The maximum absolute atomic E-state index is 13.6. The summed E-state index contributed by atoms with van der Waals surface area (Å²) in [5.41, 5.74) is 8.86. The number of hydrogen-bond acceptors (Lipinski definition) is 2. The molecule has 108 valence electrons. The number of nitrogens with zero attached hydrogens (tertiary/aromatic N) is 1.